The Labute approximate surface area is 174 Å². The number of aryl methyl sites for hydroxylation is 4. The first kappa shape index (κ1) is 30.3. The molecule has 0 aliphatic carbocycles. The van der Waals surface area contributed by atoms with Crippen LogP contribution in [0.15, 0.2) is 36.4 Å². The van der Waals surface area contributed by atoms with Crippen LogP contribution in [-0.2, 0) is 39.0 Å². The molecule has 0 bridgehead atoms. The molecule has 2 aromatic carbocycles. The van der Waals surface area contributed by atoms with Gasteiger partial charge in [-0.3, -0.25) is 0 Å². The van der Waals surface area contributed by atoms with E-state index in [1.807, 2.05) is 0 Å². The van der Waals surface area contributed by atoms with Crippen LogP contribution in [0.25, 0.3) is 0 Å². The van der Waals surface area contributed by atoms with Crippen LogP contribution in [0.2, 0.25) is 0 Å². The average molecular weight is 440 g/mol. The van der Waals surface area contributed by atoms with E-state index in [9.17, 15) is 0 Å². The molecule has 0 aromatic heterocycles. The van der Waals surface area contributed by atoms with Gasteiger partial charge in [0.15, 0.2) is 0 Å². The fraction of sp³-hybridized carbons (Fsp3) is 0.444. The van der Waals surface area contributed by atoms with E-state index in [1.165, 1.54) is 47.9 Å². The van der Waals surface area contributed by atoms with Gasteiger partial charge in [0.1, 0.15) is 0 Å². The Kier molecular flexibility index (Phi) is 24.6. The predicted molar refractivity (Wildman–Crippen MR) is 81.5 cm³/mol. The quantitative estimate of drug-likeness (QED) is 0.431. The van der Waals surface area contributed by atoms with Gasteiger partial charge in [0.05, 0.1) is 0 Å². The molecule has 0 spiro atoms. The fourth-order valence-corrected chi connectivity index (χ4v) is 2.19. The molecule has 2 rings (SSSR count). The number of hydrogen-bond donors (Lipinski definition) is 0. The van der Waals surface area contributed by atoms with E-state index in [-0.39, 0.29) is 63.4 Å². The van der Waals surface area contributed by atoms with E-state index in [0.29, 0.717) is 0 Å². The van der Waals surface area contributed by atoms with Gasteiger partial charge in [0.25, 0.3) is 0 Å². The Balaban J connectivity index is -0.000000125. The zero-order chi connectivity index (χ0) is 13.4. The fourth-order valence-electron chi connectivity index (χ4n) is 2.19. The van der Waals surface area contributed by atoms with Crippen molar-refractivity contribution in [2.24, 2.45) is 0 Å². The molecule has 0 heterocycles. The van der Waals surface area contributed by atoms with Gasteiger partial charge in [-0.1, -0.05) is 53.4 Å². The minimum absolute atomic E-state index is 0. The van der Waals surface area contributed by atoms with Crippen molar-refractivity contribution in [3.8, 4) is 0 Å². The van der Waals surface area contributed by atoms with E-state index in [0.717, 1.165) is 0 Å². The Morgan fingerprint density at radius 2 is 1.05 bits per heavy atom. The normalized spacial score (nSPS) is 8.18. The second kappa shape index (κ2) is 17.8. The molecule has 2 aromatic rings. The summed E-state index contributed by atoms with van der Waals surface area (Å²) in [7, 11) is 0. The molecular formula is C18H26Cl3Zr-2. The van der Waals surface area contributed by atoms with Crippen LogP contribution in [0, 0.1) is 13.8 Å². The van der Waals surface area contributed by atoms with Gasteiger partial charge in [0.2, 0.25) is 0 Å². The summed E-state index contributed by atoms with van der Waals surface area (Å²) < 4.78 is 0. The van der Waals surface area contributed by atoms with Crippen LogP contribution in [0.3, 0.4) is 0 Å². The summed E-state index contributed by atoms with van der Waals surface area (Å²) in [5.41, 5.74) is 5.91. The summed E-state index contributed by atoms with van der Waals surface area (Å²) in [6, 6.07) is 13.0. The summed E-state index contributed by atoms with van der Waals surface area (Å²) in [4.78, 5) is 0. The summed E-state index contributed by atoms with van der Waals surface area (Å²) in [6.07, 6.45) is 4.98. The molecule has 0 aliphatic heterocycles. The van der Waals surface area contributed by atoms with Gasteiger partial charge in [-0.15, -0.1) is 0 Å². The van der Waals surface area contributed by atoms with Crippen LogP contribution in [0.5, 0.6) is 0 Å². The van der Waals surface area contributed by atoms with Gasteiger partial charge in [-0.05, 0) is 0 Å². The number of halogens is 3. The van der Waals surface area contributed by atoms with E-state index in [4.69, 9.17) is 0 Å². The second-order valence-corrected chi connectivity index (χ2v) is 4.97. The molecule has 0 unspecified atom stereocenters. The molecule has 0 saturated heterocycles. The molecule has 0 fully saturated rings. The largest absolute Gasteiger partial charge is 3.00 e. The first-order chi connectivity index (χ1) is 8.69. The minimum Gasteiger partial charge on any atom is -1.00 e. The molecule has 125 valence electrons. The molecular weight excluding hydrogens is 414 g/mol. The van der Waals surface area contributed by atoms with Crippen LogP contribution in [0.4, 0.5) is 0 Å². The van der Waals surface area contributed by atoms with Crippen molar-refractivity contribution >= 4 is 0 Å². The van der Waals surface area contributed by atoms with Crippen molar-refractivity contribution in [3.05, 3.63) is 58.7 Å². The average Bonchev–Trinajstić information content (AvgIpc) is 2.92. The van der Waals surface area contributed by atoms with E-state index < -0.39 is 0 Å². The standard InChI is InChI=1S/2C9H13.3ClH.Zr/c2*1-3-5-9-7-4-6-8(9)2;;;;/h2*4,6-7H,3,5H2,1-2H3;3*1H;/q2*-1;;;;+3/p-3. The van der Waals surface area contributed by atoms with Crippen molar-refractivity contribution in [1.29, 1.82) is 0 Å². The molecule has 0 nitrogen and oxygen atoms in total. The Bertz CT molecular complexity index is 404. The first-order valence-electron chi connectivity index (χ1n) is 7.11. The molecule has 0 N–H and O–H groups in total. The first-order valence-corrected chi connectivity index (χ1v) is 7.11. The molecule has 4 heteroatoms. The molecule has 0 saturated carbocycles. The molecule has 22 heavy (non-hydrogen) atoms. The van der Waals surface area contributed by atoms with Crippen LogP contribution in [-0.4, -0.2) is 0 Å². The Morgan fingerprint density at radius 1 is 0.727 bits per heavy atom. The predicted octanol–water partition coefficient (Wildman–Crippen LogP) is -3.66. The second-order valence-electron chi connectivity index (χ2n) is 4.97. The van der Waals surface area contributed by atoms with E-state index >= 15 is 0 Å². The Morgan fingerprint density at radius 3 is 1.23 bits per heavy atom. The number of hydrogen-bond acceptors (Lipinski definition) is 0. The van der Waals surface area contributed by atoms with Gasteiger partial charge in [-0.2, -0.15) is 34.4 Å². The van der Waals surface area contributed by atoms with Crippen molar-refractivity contribution < 1.29 is 63.4 Å². The Hall–Kier alpha value is 0.453. The summed E-state index contributed by atoms with van der Waals surface area (Å²) >= 11 is 0. The maximum atomic E-state index is 2.21. The van der Waals surface area contributed by atoms with E-state index in [2.05, 4.69) is 64.1 Å². The maximum Gasteiger partial charge on any atom is 3.00 e. The third kappa shape index (κ3) is 11.1. The van der Waals surface area contributed by atoms with E-state index in [1.54, 1.807) is 0 Å². The SMILES string of the molecule is CCC[c-]1cccc1C.CCC[c-]1cccc1C.[Cl-].[Cl-].[Cl-].[Zr+3]. The van der Waals surface area contributed by atoms with Gasteiger partial charge >= 0.3 is 26.2 Å². The summed E-state index contributed by atoms with van der Waals surface area (Å²) in [5.74, 6) is 0. The third-order valence-electron chi connectivity index (χ3n) is 3.34. The van der Waals surface area contributed by atoms with Gasteiger partial charge in [-0.25, -0.2) is 24.3 Å². The van der Waals surface area contributed by atoms with Crippen molar-refractivity contribution in [2.45, 2.75) is 53.4 Å². The zero-order valence-electron chi connectivity index (χ0n) is 13.9. The molecule has 0 amide bonds. The smallest absolute Gasteiger partial charge is 1.00 e. The van der Waals surface area contributed by atoms with Crippen molar-refractivity contribution in [1.82, 2.24) is 0 Å². The summed E-state index contributed by atoms with van der Waals surface area (Å²) in [6.45, 7) is 8.77. The van der Waals surface area contributed by atoms with Gasteiger partial charge in [0, 0.05) is 0 Å². The molecule has 0 aliphatic rings. The van der Waals surface area contributed by atoms with Crippen LogP contribution < -0.4 is 37.2 Å². The van der Waals surface area contributed by atoms with Gasteiger partial charge < -0.3 is 37.2 Å². The zero-order valence-corrected chi connectivity index (χ0v) is 18.7. The minimum atomic E-state index is 0. The van der Waals surface area contributed by atoms with Crippen LogP contribution in [0.1, 0.15) is 48.9 Å². The molecule has 1 radical (unpaired) electrons. The topological polar surface area (TPSA) is 0 Å². The maximum absolute atomic E-state index is 2.21. The van der Waals surface area contributed by atoms with Crippen molar-refractivity contribution in [3.63, 3.8) is 0 Å². The molecule has 0 atom stereocenters. The van der Waals surface area contributed by atoms with Crippen LogP contribution >= 0.6 is 0 Å². The summed E-state index contributed by atoms with van der Waals surface area (Å²) in [5, 5.41) is 0. The monoisotopic (exact) mass is 437 g/mol. The third-order valence-corrected chi connectivity index (χ3v) is 3.34. The van der Waals surface area contributed by atoms with Crippen molar-refractivity contribution in [2.75, 3.05) is 0 Å². The number of rotatable bonds is 4.